The summed E-state index contributed by atoms with van der Waals surface area (Å²) in [6.45, 7) is 10.0. The first kappa shape index (κ1) is 17.8. The van der Waals surface area contributed by atoms with Gasteiger partial charge < -0.3 is 15.4 Å². The molecule has 1 aromatic rings. The fourth-order valence-electron chi connectivity index (χ4n) is 2.98. The van der Waals surface area contributed by atoms with E-state index in [0.29, 0.717) is 12.1 Å². The molecule has 2 N–H and O–H groups in total. The predicted octanol–water partition coefficient (Wildman–Crippen LogP) is 3.57. The smallest absolute Gasteiger partial charge is 0.407 e. The Morgan fingerprint density at radius 2 is 1.91 bits per heavy atom. The van der Waals surface area contributed by atoms with Gasteiger partial charge in [-0.15, -0.1) is 0 Å². The molecule has 1 aliphatic carbocycles. The van der Waals surface area contributed by atoms with Crippen LogP contribution in [0.3, 0.4) is 0 Å². The Morgan fingerprint density at radius 3 is 2.52 bits per heavy atom. The highest BCUT2D eigenvalue weighted by Crippen LogP contribution is 2.22. The Labute approximate surface area is 140 Å². The molecule has 0 radical (unpaired) electrons. The molecular formula is C19H30N2O2. The number of ether oxygens (including phenoxy) is 1. The van der Waals surface area contributed by atoms with Crippen molar-refractivity contribution in [3.05, 3.63) is 35.4 Å². The van der Waals surface area contributed by atoms with Crippen molar-refractivity contribution < 1.29 is 9.53 Å². The van der Waals surface area contributed by atoms with Crippen LogP contribution < -0.4 is 10.6 Å². The third kappa shape index (κ3) is 5.87. The predicted molar refractivity (Wildman–Crippen MR) is 93.7 cm³/mol. The summed E-state index contributed by atoms with van der Waals surface area (Å²) in [5.41, 5.74) is 2.31. The van der Waals surface area contributed by atoms with Crippen molar-refractivity contribution in [2.24, 2.45) is 0 Å². The van der Waals surface area contributed by atoms with Crippen molar-refractivity contribution in [3.63, 3.8) is 0 Å². The van der Waals surface area contributed by atoms with Crippen LogP contribution in [0.25, 0.3) is 0 Å². The Kier molecular flexibility index (Phi) is 5.69. The van der Waals surface area contributed by atoms with Crippen LogP contribution in [0.1, 0.15) is 51.7 Å². The summed E-state index contributed by atoms with van der Waals surface area (Å²) in [6.07, 6.45) is 2.66. The van der Waals surface area contributed by atoms with E-state index in [9.17, 15) is 4.79 Å². The normalized spacial score (nSPS) is 22.1. The Morgan fingerprint density at radius 1 is 1.26 bits per heavy atom. The molecule has 0 spiro atoms. The minimum atomic E-state index is -0.437. The second-order valence-corrected chi connectivity index (χ2v) is 7.71. The number of aryl methyl sites for hydroxylation is 1. The lowest BCUT2D eigenvalue weighted by Crippen LogP contribution is -2.55. The van der Waals surface area contributed by atoms with E-state index in [1.54, 1.807) is 0 Å². The molecule has 4 nitrogen and oxygen atoms in total. The van der Waals surface area contributed by atoms with Crippen molar-refractivity contribution >= 4 is 6.09 Å². The topological polar surface area (TPSA) is 50.4 Å². The molecule has 1 unspecified atom stereocenters. The van der Waals surface area contributed by atoms with E-state index in [2.05, 4.69) is 48.7 Å². The van der Waals surface area contributed by atoms with Crippen LogP contribution in [0.5, 0.6) is 0 Å². The summed E-state index contributed by atoms with van der Waals surface area (Å²) in [5, 5.41) is 6.59. The summed E-state index contributed by atoms with van der Waals surface area (Å²) >= 11 is 0. The average molecular weight is 318 g/mol. The maximum Gasteiger partial charge on any atom is 0.407 e. The molecule has 1 atom stereocenters. The van der Waals surface area contributed by atoms with Gasteiger partial charge in [0.05, 0.1) is 0 Å². The first-order valence-electron chi connectivity index (χ1n) is 8.53. The molecule has 23 heavy (non-hydrogen) atoms. The molecule has 2 rings (SSSR count). The van der Waals surface area contributed by atoms with Gasteiger partial charge in [-0.3, -0.25) is 0 Å². The fourth-order valence-corrected chi connectivity index (χ4v) is 2.98. The average Bonchev–Trinajstić information content (AvgIpc) is 2.36. The molecule has 1 saturated carbocycles. The molecule has 0 aromatic heterocycles. The number of amides is 1. The molecule has 1 amide bonds. The Bertz CT molecular complexity index is 530. The van der Waals surface area contributed by atoms with E-state index in [4.69, 9.17) is 4.74 Å². The molecule has 0 bridgehead atoms. The minimum absolute atomic E-state index is 0.230. The molecule has 1 fully saturated rings. The first-order chi connectivity index (χ1) is 10.7. The van der Waals surface area contributed by atoms with E-state index >= 15 is 0 Å². The minimum Gasteiger partial charge on any atom is -0.444 e. The monoisotopic (exact) mass is 318 g/mol. The van der Waals surface area contributed by atoms with Crippen molar-refractivity contribution in [1.29, 1.82) is 0 Å². The van der Waals surface area contributed by atoms with Crippen LogP contribution in [-0.4, -0.2) is 29.8 Å². The Hall–Kier alpha value is -1.55. The number of rotatable bonds is 5. The molecule has 0 aliphatic heterocycles. The maximum atomic E-state index is 11.7. The SMILES string of the molecule is Cc1ccccc1CC(C)NC1CC(NC(=O)OC(C)(C)C)C1. The zero-order chi connectivity index (χ0) is 17.0. The van der Waals surface area contributed by atoms with Crippen molar-refractivity contribution in [3.8, 4) is 0 Å². The van der Waals surface area contributed by atoms with Gasteiger partial charge in [-0.05, 0) is 65.0 Å². The summed E-state index contributed by atoms with van der Waals surface area (Å²) in [4.78, 5) is 11.7. The van der Waals surface area contributed by atoms with Gasteiger partial charge >= 0.3 is 6.09 Å². The number of carbonyl (C=O) groups is 1. The van der Waals surface area contributed by atoms with Gasteiger partial charge in [-0.25, -0.2) is 4.79 Å². The van der Waals surface area contributed by atoms with Crippen LogP contribution >= 0.6 is 0 Å². The molecule has 128 valence electrons. The quantitative estimate of drug-likeness (QED) is 0.872. The first-order valence-corrected chi connectivity index (χ1v) is 8.53. The van der Waals surface area contributed by atoms with Gasteiger partial charge in [0.15, 0.2) is 0 Å². The molecule has 1 aliphatic rings. The third-order valence-corrected chi connectivity index (χ3v) is 4.17. The van der Waals surface area contributed by atoms with Gasteiger partial charge in [0, 0.05) is 18.1 Å². The van der Waals surface area contributed by atoms with Crippen LogP contribution in [0, 0.1) is 6.92 Å². The van der Waals surface area contributed by atoms with E-state index in [1.807, 2.05) is 20.8 Å². The number of carbonyl (C=O) groups excluding carboxylic acids is 1. The van der Waals surface area contributed by atoms with E-state index in [-0.39, 0.29) is 12.1 Å². The van der Waals surface area contributed by atoms with Gasteiger partial charge in [-0.1, -0.05) is 24.3 Å². The van der Waals surface area contributed by atoms with Crippen molar-refractivity contribution in [1.82, 2.24) is 10.6 Å². The largest absolute Gasteiger partial charge is 0.444 e. The molecule has 0 saturated heterocycles. The van der Waals surface area contributed by atoms with Gasteiger partial charge in [-0.2, -0.15) is 0 Å². The number of hydrogen-bond donors (Lipinski definition) is 2. The molecule has 4 heteroatoms. The number of alkyl carbamates (subject to hydrolysis) is 1. The molecule has 1 aromatic carbocycles. The standard InChI is InChI=1S/C19H30N2O2/c1-13-8-6-7-9-15(13)10-14(2)20-16-11-17(12-16)21-18(22)23-19(3,4)5/h6-9,14,16-17,20H,10-12H2,1-5H3,(H,21,22). The van der Waals surface area contributed by atoms with Crippen LogP contribution in [0.15, 0.2) is 24.3 Å². The van der Waals surface area contributed by atoms with E-state index in [1.165, 1.54) is 11.1 Å². The zero-order valence-corrected chi connectivity index (χ0v) is 15.0. The van der Waals surface area contributed by atoms with Gasteiger partial charge in [0.1, 0.15) is 5.60 Å². The fraction of sp³-hybridized carbons (Fsp3) is 0.632. The number of benzene rings is 1. The third-order valence-electron chi connectivity index (χ3n) is 4.17. The molecule has 0 heterocycles. The lowest BCUT2D eigenvalue weighted by molar-refractivity contribution is 0.0463. The van der Waals surface area contributed by atoms with Crippen LogP contribution in [0.2, 0.25) is 0 Å². The highest BCUT2D eigenvalue weighted by Gasteiger charge is 2.32. The second kappa shape index (κ2) is 7.35. The second-order valence-electron chi connectivity index (χ2n) is 7.71. The summed E-state index contributed by atoms with van der Waals surface area (Å²) < 4.78 is 5.28. The maximum absolute atomic E-state index is 11.7. The van der Waals surface area contributed by atoms with Crippen molar-refractivity contribution in [2.45, 2.75) is 77.6 Å². The lowest BCUT2D eigenvalue weighted by Gasteiger charge is -2.38. The molecular weight excluding hydrogens is 288 g/mol. The number of hydrogen-bond acceptors (Lipinski definition) is 3. The highest BCUT2D eigenvalue weighted by molar-refractivity contribution is 5.68. The van der Waals surface area contributed by atoms with Gasteiger partial charge in [0.25, 0.3) is 0 Å². The zero-order valence-electron chi connectivity index (χ0n) is 15.0. The van der Waals surface area contributed by atoms with E-state index < -0.39 is 5.60 Å². The van der Waals surface area contributed by atoms with Crippen LogP contribution in [0.4, 0.5) is 4.79 Å². The summed E-state index contributed by atoms with van der Waals surface area (Å²) in [6, 6.07) is 9.67. The van der Waals surface area contributed by atoms with Crippen LogP contribution in [-0.2, 0) is 11.2 Å². The lowest BCUT2D eigenvalue weighted by atomic mass is 9.86. The van der Waals surface area contributed by atoms with Gasteiger partial charge in [0.2, 0.25) is 0 Å². The Balaban J connectivity index is 1.68. The van der Waals surface area contributed by atoms with Crippen molar-refractivity contribution in [2.75, 3.05) is 0 Å². The number of nitrogens with one attached hydrogen (secondary N) is 2. The highest BCUT2D eigenvalue weighted by atomic mass is 16.6. The summed E-state index contributed by atoms with van der Waals surface area (Å²) in [5.74, 6) is 0. The van der Waals surface area contributed by atoms with E-state index in [0.717, 1.165) is 19.3 Å². The summed E-state index contributed by atoms with van der Waals surface area (Å²) in [7, 11) is 0.